The molecule has 2 unspecified atom stereocenters. The normalized spacial score (nSPS) is 39.9. The van der Waals surface area contributed by atoms with Crippen LogP contribution in [0.4, 0.5) is 0 Å². The Kier molecular flexibility index (Phi) is 5.27. The molecule has 1 aliphatic carbocycles. The smallest absolute Gasteiger partial charge is 0.0706 e. The van der Waals surface area contributed by atoms with Gasteiger partial charge in [-0.25, -0.2) is 0 Å². The molecule has 0 amide bonds. The first-order chi connectivity index (χ1) is 9.09. The lowest BCUT2D eigenvalue weighted by atomic mass is 9.74. The van der Waals surface area contributed by atoms with E-state index < -0.39 is 0 Å². The van der Waals surface area contributed by atoms with E-state index in [-0.39, 0.29) is 5.54 Å². The Morgan fingerprint density at radius 2 is 1.89 bits per heavy atom. The fourth-order valence-corrected chi connectivity index (χ4v) is 3.88. The molecular weight excluding hydrogens is 236 g/mol. The number of hydrogen-bond donors (Lipinski definition) is 1. The third-order valence-corrected chi connectivity index (χ3v) is 5.60. The van der Waals surface area contributed by atoms with E-state index in [2.05, 4.69) is 25.8 Å². The fourth-order valence-electron chi connectivity index (χ4n) is 3.88. The molecule has 1 heterocycles. The Hall–Kier alpha value is -0.120. The summed E-state index contributed by atoms with van der Waals surface area (Å²) >= 11 is 0. The largest absolute Gasteiger partial charge is 0.374 e. The molecule has 2 fully saturated rings. The van der Waals surface area contributed by atoms with E-state index in [4.69, 9.17) is 10.5 Å². The van der Waals surface area contributed by atoms with Crippen LogP contribution in [0.15, 0.2) is 0 Å². The molecule has 19 heavy (non-hydrogen) atoms. The van der Waals surface area contributed by atoms with Crippen LogP contribution < -0.4 is 5.73 Å². The minimum Gasteiger partial charge on any atom is -0.374 e. The van der Waals surface area contributed by atoms with Gasteiger partial charge in [-0.1, -0.05) is 13.3 Å². The van der Waals surface area contributed by atoms with Crippen molar-refractivity contribution >= 4 is 0 Å². The maximum atomic E-state index is 6.15. The summed E-state index contributed by atoms with van der Waals surface area (Å²) in [5, 5.41) is 0. The lowest BCUT2D eigenvalue weighted by molar-refractivity contribution is -0.00642. The van der Waals surface area contributed by atoms with Crippen molar-refractivity contribution in [2.75, 3.05) is 20.1 Å². The highest BCUT2D eigenvalue weighted by Gasteiger charge is 2.38. The van der Waals surface area contributed by atoms with Crippen LogP contribution in [0.3, 0.4) is 0 Å². The van der Waals surface area contributed by atoms with E-state index in [9.17, 15) is 0 Å². The summed E-state index contributed by atoms with van der Waals surface area (Å²) in [6, 6.07) is 0. The van der Waals surface area contributed by atoms with Crippen molar-refractivity contribution in [2.24, 2.45) is 11.7 Å². The van der Waals surface area contributed by atoms with Gasteiger partial charge in [-0.3, -0.25) is 4.90 Å². The molecule has 0 bridgehead atoms. The number of hydrogen-bond acceptors (Lipinski definition) is 3. The van der Waals surface area contributed by atoms with Gasteiger partial charge in [-0.05, 0) is 58.4 Å². The minimum absolute atomic E-state index is 0.237. The topological polar surface area (TPSA) is 38.5 Å². The molecule has 2 N–H and O–H groups in total. The second-order valence-corrected chi connectivity index (χ2v) is 6.81. The second-order valence-electron chi connectivity index (χ2n) is 6.81. The van der Waals surface area contributed by atoms with Crippen LogP contribution in [0, 0.1) is 5.92 Å². The monoisotopic (exact) mass is 268 g/mol. The van der Waals surface area contributed by atoms with Crippen molar-refractivity contribution in [1.29, 1.82) is 0 Å². The predicted octanol–water partition coefficient (Wildman–Crippen LogP) is 2.78. The Labute approximate surface area is 118 Å². The first-order valence-electron chi connectivity index (χ1n) is 8.16. The first-order valence-corrected chi connectivity index (χ1v) is 8.16. The molecule has 2 aliphatic rings. The zero-order valence-corrected chi connectivity index (χ0v) is 13.0. The second kappa shape index (κ2) is 6.55. The van der Waals surface area contributed by atoms with Crippen molar-refractivity contribution in [2.45, 2.75) is 76.5 Å². The first kappa shape index (κ1) is 15.3. The maximum absolute atomic E-state index is 6.15. The molecule has 112 valence electrons. The van der Waals surface area contributed by atoms with Crippen molar-refractivity contribution in [3.8, 4) is 0 Å². The minimum atomic E-state index is 0.237. The van der Waals surface area contributed by atoms with Crippen LogP contribution in [-0.2, 0) is 4.74 Å². The summed E-state index contributed by atoms with van der Waals surface area (Å²) in [5.74, 6) is 0.927. The summed E-state index contributed by atoms with van der Waals surface area (Å²) in [7, 11) is 2.26. The molecule has 0 aromatic rings. The summed E-state index contributed by atoms with van der Waals surface area (Å²) in [4.78, 5) is 2.52. The lowest BCUT2D eigenvalue weighted by Gasteiger charge is -2.46. The van der Waals surface area contributed by atoms with Gasteiger partial charge in [0.1, 0.15) is 0 Å². The van der Waals surface area contributed by atoms with E-state index in [0.29, 0.717) is 12.2 Å². The molecule has 1 saturated heterocycles. The summed E-state index contributed by atoms with van der Waals surface area (Å²) in [5.41, 5.74) is 6.38. The number of likely N-dealkylation sites (N-methyl/N-ethyl adjacent to an activating group) is 1. The molecule has 0 aromatic carbocycles. The zero-order chi connectivity index (χ0) is 13.9. The van der Waals surface area contributed by atoms with E-state index >= 15 is 0 Å². The summed E-state index contributed by atoms with van der Waals surface area (Å²) < 4.78 is 5.97. The van der Waals surface area contributed by atoms with Gasteiger partial charge in [-0.15, -0.1) is 0 Å². The molecular formula is C16H32N2O. The van der Waals surface area contributed by atoms with Gasteiger partial charge in [0, 0.05) is 18.6 Å². The Bertz CT molecular complexity index is 274. The van der Waals surface area contributed by atoms with Crippen molar-refractivity contribution in [1.82, 2.24) is 4.90 Å². The Morgan fingerprint density at radius 1 is 1.21 bits per heavy atom. The lowest BCUT2D eigenvalue weighted by Crippen LogP contribution is -2.55. The van der Waals surface area contributed by atoms with E-state index in [1.54, 1.807) is 0 Å². The Morgan fingerprint density at radius 3 is 2.37 bits per heavy atom. The van der Waals surface area contributed by atoms with Gasteiger partial charge in [-0.2, -0.15) is 0 Å². The average Bonchev–Trinajstić information content (AvgIpc) is 2.84. The van der Waals surface area contributed by atoms with Crippen LogP contribution in [0.5, 0.6) is 0 Å². The van der Waals surface area contributed by atoms with E-state index in [1.807, 2.05) is 0 Å². The molecule has 0 spiro atoms. The van der Waals surface area contributed by atoms with Gasteiger partial charge >= 0.3 is 0 Å². The van der Waals surface area contributed by atoms with Gasteiger partial charge in [0.05, 0.1) is 12.2 Å². The molecule has 2 atom stereocenters. The molecule has 2 rings (SSSR count). The quantitative estimate of drug-likeness (QED) is 0.833. The molecule has 1 saturated carbocycles. The summed E-state index contributed by atoms with van der Waals surface area (Å²) in [6.45, 7) is 6.35. The van der Waals surface area contributed by atoms with Gasteiger partial charge in [0.25, 0.3) is 0 Å². The van der Waals surface area contributed by atoms with Crippen molar-refractivity contribution in [3.63, 3.8) is 0 Å². The number of nitrogens with zero attached hydrogens (tertiary/aromatic N) is 1. The van der Waals surface area contributed by atoms with Crippen LogP contribution in [0.25, 0.3) is 0 Å². The van der Waals surface area contributed by atoms with Crippen LogP contribution in [-0.4, -0.2) is 42.8 Å². The van der Waals surface area contributed by atoms with Crippen LogP contribution in [0.2, 0.25) is 0 Å². The van der Waals surface area contributed by atoms with Gasteiger partial charge in [0.15, 0.2) is 0 Å². The van der Waals surface area contributed by atoms with E-state index in [0.717, 1.165) is 19.0 Å². The molecule has 3 heteroatoms. The molecule has 3 nitrogen and oxygen atoms in total. The highest BCUT2D eigenvalue weighted by molar-refractivity contribution is 4.95. The zero-order valence-electron chi connectivity index (χ0n) is 13.0. The molecule has 0 radical (unpaired) electrons. The molecule has 0 aromatic heterocycles. The number of ether oxygens (including phenoxy) is 1. The Balaban J connectivity index is 1.89. The van der Waals surface area contributed by atoms with Crippen LogP contribution >= 0.6 is 0 Å². The predicted molar refractivity (Wildman–Crippen MR) is 80.2 cm³/mol. The fraction of sp³-hybridized carbons (Fsp3) is 1.00. The highest BCUT2D eigenvalue weighted by atomic mass is 16.5. The number of nitrogens with two attached hydrogens (primary N) is 1. The van der Waals surface area contributed by atoms with Crippen LogP contribution in [0.1, 0.15) is 58.8 Å². The van der Waals surface area contributed by atoms with Gasteiger partial charge < -0.3 is 10.5 Å². The maximum Gasteiger partial charge on any atom is 0.0706 e. The standard InChI is InChI=1S/C16H32N2O/c1-4-14-7-9-16(12-17,10-8-14)18(3)11-15-6-5-13(2)19-15/h13-15H,4-12,17H2,1-3H3. The average molecular weight is 268 g/mol. The third kappa shape index (κ3) is 3.50. The SMILES string of the molecule is CCC1CCC(CN)(N(C)CC2CCC(C)O2)CC1. The van der Waals surface area contributed by atoms with E-state index in [1.165, 1.54) is 44.9 Å². The summed E-state index contributed by atoms with van der Waals surface area (Å²) in [6.07, 6.45) is 9.85. The number of rotatable bonds is 5. The highest BCUT2D eigenvalue weighted by Crippen LogP contribution is 2.37. The van der Waals surface area contributed by atoms with Crippen molar-refractivity contribution in [3.05, 3.63) is 0 Å². The third-order valence-electron chi connectivity index (χ3n) is 5.60. The van der Waals surface area contributed by atoms with Gasteiger partial charge in [0.2, 0.25) is 0 Å². The molecule has 1 aliphatic heterocycles. The van der Waals surface area contributed by atoms with Crippen molar-refractivity contribution < 1.29 is 4.74 Å².